The first-order valence-corrected chi connectivity index (χ1v) is 10.9. The molecule has 0 aromatic heterocycles. The Morgan fingerprint density at radius 3 is 1.86 bits per heavy atom. The molecule has 0 atom stereocenters. The molecule has 1 N–H and O–H groups in total. The highest BCUT2D eigenvalue weighted by molar-refractivity contribution is 6.90. The van der Waals surface area contributed by atoms with Gasteiger partial charge in [-0.2, -0.15) is 0 Å². The van der Waals surface area contributed by atoms with Crippen LogP contribution in [0, 0.1) is 11.5 Å². The number of hydrogen-bond donors (Lipinski definition) is 1. The Balaban J connectivity index is 2.19. The Labute approximate surface area is 131 Å². The van der Waals surface area contributed by atoms with Gasteiger partial charge in [0.15, 0.2) is 0 Å². The predicted octanol–water partition coefficient (Wildman–Crippen LogP) is 2.09. The van der Waals surface area contributed by atoms with Gasteiger partial charge in [0.1, 0.15) is 8.07 Å². The molecule has 0 aromatic rings. The second-order valence-corrected chi connectivity index (χ2v) is 13.3. The fraction of sp³-hybridized carbons (Fsp3) is 0.875. The minimum atomic E-state index is -1.62. The highest BCUT2D eigenvalue weighted by Gasteiger charge is 2.49. The van der Waals surface area contributed by atoms with E-state index in [1.54, 1.807) is 0 Å². The van der Waals surface area contributed by atoms with Crippen molar-refractivity contribution in [3.63, 3.8) is 0 Å². The molecule has 2 fully saturated rings. The molecule has 0 aromatic carbocycles. The number of quaternary nitrogens is 1. The molecule has 0 amide bonds. The monoisotopic (exact) mass is 309 g/mol. The normalized spacial score (nSPS) is 29.1. The van der Waals surface area contributed by atoms with Crippen molar-refractivity contribution in [2.24, 2.45) is 0 Å². The summed E-state index contributed by atoms with van der Waals surface area (Å²) in [5, 5.41) is 0. The standard InChI is InChI=1S/C16H32BNO2Si/c1-14(2)21(15(3)4,16(5)6)13-7-8-17-18(9-11-19-17)10-12-20-17/h14-16,18H,8-12H2,1-6H3. The Kier molecular flexibility index (Phi) is 5.25. The Hall–Kier alpha value is -0.278. The van der Waals surface area contributed by atoms with E-state index < -0.39 is 14.8 Å². The number of fused-ring (bicyclic) bond motifs is 1. The van der Waals surface area contributed by atoms with E-state index in [-0.39, 0.29) is 0 Å². The average Bonchev–Trinajstić information content (AvgIpc) is 2.92. The summed E-state index contributed by atoms with van der Waals surface area (Å²) < 4.78 is 12.0. The second kappa shape index (κ2) is 6.46. The van der Waals surface area contributed by atoms with E-state index in [9.17, 15) is 0 Å². The van der Waals surface area contributed by atoms with Gasteiger partial charge in [0.25, 0.3) is 0 Å². The molecule has 21 heavy (non-hydrogen) atoms. The van der Waals surface area contributed by atoms with Gasteiger partial charge in [0, 0.05) is 6.32 Å². The van der Waals surface area contributed by atoms with Gasteiger partial charge in [-0.05, 0) is 16.6 Å². The van der Waals surface area contributed by atoms with E-state index in [2.05, 4.69) is 53.0 Å². The Morgan fingerprint density at radius 1 is 0.952 bits per heavy atom. The van der Waals surface area contributed by atoms with Crippen LogP contribution in [0.5, 0.6) is 0 Å². The SMILES string of the molecule is CC(C)[Si](C#CC[B-]12OCC[NH+]1CCO2)(C(C)C)C(C)C. The summed E-state index contributed by atoms with van der Waals surface area (Å²) >= 11 is 0. The van der Waals surface area contributed by atoms with Gasteiger partial charge in [0.2, 0.25) is 0 Å². The molecule has 0 spiro atoms. The zero-order chi connectivity index (χ0) is 15.7. The largest absolute Gasteiger partial charge is 0.509 e. The third-order valence-corrected chi connectivity index (χ3v) is 12.1. The summed E-state index contributed by atoms with van der Waals surface area (Å²) in [5.74, 6) is 3.54. The van der Waals surface area contributed by atoms with Crippen molar-refractivity contribution in [1.82, 2.24) is 0 Å². The van der Waals surface area contributed by atoms with Crippen LogP contribution in [0.4, 0.5) is 0 Å². The van der Waals surface area contributed by atoms with Crippen LogP contribution in [0.25, 0.3) is 0 Å². The summed E-state index contributed by atoms with van der Waals surface area (Å²) in [7, 11) is -1.62. The Morgan fingerprint density at radius 2 is 1.43 bits per heavy atom. The molecule has 0 bridgehead atoms. The molecular formula is C16H32BNO2Si. The lowest BCUT2D eigenvalue weighted by Gasteiger charge is -2.38. The second-order valence-electron chi connectivity index (χ2n) is 7.67. The van der Waals surface area contributed by atoms with E-state index in [4.69, 9.17) is 9.31 Å². The summed E-state index contributed by atoms with van der Waals surface area (Å²) in [6, 6.07) is 0. The first kappa shape index (κ1) is 17.1. The van der Waals surface area contributed by atoms with Crippen molar-refractivity contribution in [3.05, 3.63) is 0 Å². The van der Waals surface area contributed by atoms with Crippen LogP contribution in [0.1, 0.15) is 41.5 Å². The Bertz CT molecular complexity index is 396. The first-order valence-electron chi connectivity index (χ1n) is 8.64. The number of nitrogens with one attached hydrogen (secondary N) is 1. The third-order valence-electron chi connectivity index (χ3n) is 5.78. The van der Waals surface area contributed by atoms with E-state index in [1.807, 2.05) is 0 Å². The molecule has 2 heterocycles. The van der Waals surface area contributed by atoms with Crippen LogP contribution in [0.15, 0.2) is 0 Å². The quantitative estimate of drug-likeness (QED) is 0.635. The topological polar surface area (TPSA) is 22.9 Å². The molecule has 2 aliphatic heterocycles. The summed E-state index contributed by atoms with van der Waals surface area (Å²) in [6.07, 6.45) is 0.788. The molecule has 2 saturated heterocycles. The van der Waals surface area contributed by atoms with Crippen molar-refractivity contribution in [1.29, 1.82) is 0 Å². The van der Waals surface area contributed by atoms with Crippen molar-refractivity contribution < 1.29 is 14.1 Å². The lowest BCUT2D eigenvalue weighted by atomic mass is 9.68. The third kappa shape index (κ3) is 2.96. The van der Waals surface area contributed by atoms with Crippen LogP contribution in [-0.4, -0.2) is 41.1 Å². The van der Waals surface area contributed by atoms with Crippen LogP contribution < -0.4 is 4.81 Å². The minimum absolute atomic E-state index is 0.687. The first-order chi connectivity index (χ1) is 9.85. The van der Waals surface area contributed by atoms with E-state index >= 15 is 0 Å². The molecular weight excluding hydrogens is 277 g/mol. The predicted molar refractivity (Wildman–Crippen MR) is 92.0 cm³/mol. The van der Waals surface area contributed by atoms with Gasteiger partial charge in [0.05, 0.1) is 26.3 Å². The van der Waals surface area contributed by atoms with Gasteiger partial charge in [-0.1, -0.05) is 41.5 Å². The lowest BCUT2D eigenvalue weighted by Crippen LogP contribution is -3.19. The lowest BCUT2D eigenvalue weighted by molar-refractivity contribution is -0.783. The maximum atomic E-state index is 5.98. The summed E-state index contributed by atoms with van der Waals surface area (Å²) in [6.45, 7) is 16.8. The molecule has 0 aliphatic carbocycles. The summed E-state index contributed by atoms with van der Waals surface area (Å²) in [5.41, 5.74) is 5.86. The molecule has 5 heteroatoms. The summed E-state index contributed by atoms with van der Waals surface area (Å²) in [4.78, 5) is 1.50. The van der Waals surface area contributed by atoms with Gasteiger partial charge in [-0.3, -0.25) is 0 Å². The van der Waals surface area contributed by atoms with Crippen LogP contribution in [-0.2, 0) is 9.31 Å². The molecule has 0 unspecified atom stereocenters. The fourth-order valence-electron chi connectivity index (χ4n) is 4.64. The zero-order valence-electron chi connectivity index (χ0n) is 14.7. The van der Waals surface area contributed by atoms with Gasteiger partial charge in [-0.25, -0.2) is 0 Å². The highest BCUT2D eigenvalue weighted by atomic mass is 28.3. The highest BCUT2D eigenvalue weighted by Crippen LogP contribution is 2.40. The molecule has 0 saturated carbocycles. The van der Waals surface area contributed by atoms with E-state index in [0.29, 0.717) is 16.6 Å². The van der Waals surface area contributed by atoms with E-state index in [1.165, 1.54) is 4.81 Å². The maximum Gasteiger partial charge on any atom is 0.482 e. The van der Waals surface area contributed by atoms with Gasteiger partial charge >= 0.3 is 6.69 Å². The minimum Gasteiger partial charge on any atom is -0.509 e. The fourth-order valence-corrected chi connectivity index (χ4v) is 9.92. The maximum absolute atomic E-state index is 5.98. The average molecular weight is 309 g/mol. The van der Waals surface area contributed by atoms with Crippen LogP contribution in [0.2, 0.25) is 22.9 Å². The molecule has 120 valence electrons. The molecule has 3 nitrogen and oxygen atoms in total. The number of rotatable bonds is 4. The van der Waals surface area contributed by atoms with Crippen LogP contribution >= 0.6 is 0 Å². The van der Waals surface area contributed by atoms with Crippen molar-refractivity contribution in [2.45, 2.75) is 64.5 Å². The smallest absolute Gasteiger partial charge is 0.482 e. The van der Waals surface area contributed by atoms with Crippen molar-refractivity contribution in [2.75, 3.05) is 26.3 Å². The van der Waals surface area contributed by atoms with Gasteiger partial charge < -0.3 is 14.1 Å². The van der Waals surface area contributed by atoms with E-state index in [0.717, 1.165) is 32.6 Å². The van der Waals surface area contributed by atoms with Crippen molar-refractivity contribution >= 4 is 14.8 Å². The molecule has 0 radical (unpaired) electrons. The van der Waals surface area contributed by atoms with Gasteiger partial charge in [-0.15, -0.1) is 11.5 Å². The zero-order valence-corrected chi connectivity index (χ0v) is 15.7. The van der Waals surface area contributed by atoms with Crippen LogP contribution in [0.3, 0.4) is 0 Å². The molecule has 2 rings (SSSR count). The molecule has 2 aliphatic rings. The van der Waals surface area contributed by atoms with Crippen molar-refractivity contribution in [3.8, 4) is 11.5 Å². The number of hydrogen-bond acceptors (Lipinski definition) is 2.